The second-order valence-corrected chi connectivity index (χ2v) is 4.73. The summed E-state index contributed by atoms with van der Waals surface area (Å²) in [5, 5.41) is 0. The SMILES string of the molecule is F[P-](F)(F)(F)(F)F.Sc1ccccc1.[H+]. The molecule has 84 valence electrons. The molecule has 0 aromatic heterocycles. The van der Waals surface area contributed by atoms with Crippen LogP contribution >= 0.6 is 20.4 Å². The van der Waals surface area contributed by atoms with Crippen LogP contribution in [0.25, 0.3) is 0 Å². The Kier molecular flexibility index (Phi) is 3.21. The molecule has 1 rings (SSSR count). The average Bonchev–Trinajstić information content (AvgIpc) is 1.81. The maximum atomic E-state index is 9.87. The summed E-state index contributed by atoms with van der Waals surface area (Å²) in [5.74, 6) is 0. The Morgan fingerprint density at radius 3 is 1.29 bits per heavy atom. The molecule has 0 saturated heterocycles. The monoisotopic (exact) mass is 256 g/mol. The van der Waals surface area contributed by atoms with Gasteiger partial charge in [0.25, 0.3) is 0 Å². The Balaban J connectivity index is 0. The summed E-state index contributed by atoms with van der Waals surface area (Å²) in [6.45, 7) is 0. The van der Waals surface area contributed by atoms with Gasteiger partial charge in [0.15, 0.2) is 0 Å². The Morgan fingerprint density at radius 2 is 1.14 bits per heavy atom. The molecular weight excluding hydrogens is 249 g/mol. The minimum atomic E-state index is -10.7. The van der Waals surface area contributed by atoms with Crippen LogP contribution in [0, 0.1) is 0 Å². The zero-order valence-corrected chi connectivity index (χ0v) is 8.34. The number of hydrogen-bond acceptors (Lipinski definition) is 1. The maximum absolute atomic E-state index is 10.7. The second-order valence-electron chi connectivity index (χ2n) is 2.29. The van der Waals surface area contributed by atoms with Crippen molar-refractivity contribution in [2.75, 3.05) is 0 Å². The molecule has 0 aliphatic heterocycles. The molecule has 0 nitrogen and oxygen atoms in total. The van der Waals surface area contributed by atoms with E-state index in [1.807, 2.05) is 30.3 Å². The average molecular weight is 256 g/mol. The van der Waals surface area contributed by atoms with Crippen molar-refractivity contribution in [1.82, 2.24) is 0 Å². The van der Waals surface area contributed by atoms with Gasteiger partial charge in [0.05, 0.1) is 0 Å². The summed E-state index contributed by atoms with van der Waals surface area (Å²) < 4.78 is 59.2. The quantitative estimate of drug-likeness (QED) is 0.355. The van der Waals surface area contributed by atoms with E-state index in [0.717, 1.165) is 4.90 Å². The van der Waals surface area contributed by atoms with E-state index in [1.165, 1.54) is 0 Å². The largest absolute Gasteiger partial charge is 1.00 e. The number of benzene rings is 1. The fourth-order valence-electron chi connectivity index (χ4n) is 0.428. The van der Waals surface area contributed by atoms with Crippen LogP contribution in [0.5, 0.6) is 0 Å². The van der Waals surface area contributed by atoms with Gasteiger partial charge in [-0.3, -0.25) is 0 Å². The molecule has 0 heterocycles. The molecule has 0 bridgehead atoms. The standard InChI is InChI=1S/C6H6S.F6P/c7-6-4-2-1-3-5-6;1-7(2,3,4,5)6/h1-5,7H;/q;-1/p+1. The van der Waals surface area contributed by atoms with Crippen LogP contribution in [-0.4, -0.2) is 0 Å². The Labute approximate surface area is 83.1 Å². The van der Waals surface area contributed by atoms with Gasteiger partial charge in [-0.15, -0.1) is 12.6 Å². The summed E-state index contributed by atoms with van der Waals surface area (Å²) >= 11 is 4.08. The van der Waals surface area contributed by atoms with Crippen molar-refractivity contribution < 1.29 is 26.6 Å². The van der Waals surface area contributed by atoms with E-state index in [9.17, 15) is 25.2 Å². The van der Waals surface area contributed by atoms with Gasteiger partial charge in [0, 0.05) is 4.90 Å². The smallest absolute Gasteiger partial charge is 0.143 e. The fourth-order valence-corrected chi connectivity index (χ4v) is 0.600. The molecule has 14 heavy (non-hydrogen) atoms. The van der Waals surface area contributed by atoms with Crippen LogP contribution in [0.2, 0.25) is 0 Å². The molecule has 0 aliphatic rings. The Hall–Kier alpha value is -0.420. The van der Waals surface area contributed by atoms with Crippen LogP contribution in [0.15, 0.2) is 35.2 Å². The van der Waals surface area contributed by atoms with Crippen molar-refractivity contribution in [3.63, 3.8) is 0 Å². The minimum Gasteiger partial charge on any atom is -0.143 e. The summed E-state index contributed by atoms with van der Waals surface area (Å²) in [6.07, 6.45) is 0. The van der Waals surface area contributed by atoms with Gasteiger partial charge in [-0.25, -0.2) is 0 Å². The van der Waals surface area contributed by atoms with Crippen LogP contribution in [0.4, 0.5) is 25.2 Å². The summed E-state index contributed by atoms with van der Waals surface area (Å²) in [7, 11) is -10.7. The normalized spacial score (nSPS) is 15.9. The van der Waals surface area contributed by atoms with Gasteiger partial charge >= 0.3 is 34.4 Å². The van der Waals surface area contributed by atoms with Crippen molar-refractivity contribution in [3.05, 3.63) is 30.3 Å². The van der Waals surface area contributed by atoms with Crippen LogP contribution in [0.1, 0.15) is 1.43 Å². The molecule has 0 N–H and O–H groups in total. The Bertz CT molecular complexity index is 283. The van der Waals surface area contributed by atoms with E-state index >= 15 is 0 Å². The van der Waals surface area contributed by atoms with Crippen molar-refractivity contribution in [2.24, 2.45) is 0 Å². The molecule has 8 heteroatoms. The van der Waals surface area contributed by atoms with E-state index < -0.39 is 7.81 Å². The molecule has 0 saturated carbocycles. The maximum Gasteiger partial charge on any atom is 1.00 e. The fraction of sp³-hybridized carbons (Fsp3) is 0. The molecule has 0 atom stereocenters. The zero-order valence-electron chi connectivity index (χ0n) is 7.55. The number of rotatable bonds is 0. The molecule has 0 amide bonds. The van der Waals surface area contributed by atoms with Gasteiger partial charge < -0.3 is 0 Å². The first-order valence-electron chi connectivity index (χ1n) is 3.15. The molecular formula is C6H7F6PS. The predicted molar refractivity (Wildman–Crippen MR) is 48.4 cm³/mol. The van der Waals surface area contributed by atoms with Gasteiger partial charge in [-0.2, -0.15) is 0 Å². The predicted octanol–water partition coefficient (Wildman–Crippen LogP) is 5.47. The second kappa shape index (κ2) is 3.31. The third-order valence-electron chi connectivity index (χ3n) is 0.756. The van der Waals surface area contributed by atoms with E-state index in [0.29, 0.717) is 0 Å². The molecule has 0 aliphatic carbocycles. The molecule has 1 aromatic rings. The summed E-state index contributed by atoms with van der Waals surface area (Å²) in [4.78, 5) is 1.02. The van der Waals surface area contributed by atoms with Crippen LogP contribution in [-0.2, 0) is 0 Å². The van der Waals surface area contributed by atoms with Gasteiger partial charge in [0.1, 0.15) is 0 Å². The van der Waals surface area contributed by atoms with Crippen molar-refractivity contribution in [1.29, 1.82) is 0 Å². The Morgan fingerprint density at radius 1 is 0.857 bits per heavy atom. The topological polar surface area (TPSA) is 0 Å². The van der Waals surface area contributed by atoms with Gasteiger partial charge in [0.2, 0.25) is 0 Å². The van der Waals surface area contributed by atoms with Crippen LogP contribution < -0.4 is 0 Å². The van der Waals surface area contributed by atoms with E-state index in [-0.39, 0.29) is 1.43 Å². The van der Waals surface area contributed by atoms with Gasteiger partial charge in [-0.05, 0) is 12.1 Å². The first-order chi connectivity index (χ1) is 5.84. The summed E-state index contributed by atoms with van der Waals surface area (Å²) in [5.41, 5.74) is 0. The zero-order chi connectivity index (χ0) is 11.5. The van der Waals surface area contributed by atoms with E-state index in [1.54, 1.807) is 0 Å². The first kappa shape index (κ1) is 13.6. The summed E-state index contributed by atoms with van der Waals surface area (Å²) in [6, 6.07) is 9.79. The van der Waals surface area contributed by atoms with E-state index in [2.05, 4.69) is 12.6 Å². The third-order valence-corrected chi connectivity index (χ3v) is 1.05. The molecule has 0 spiro atoms. The number of hydrogen-bond donors (Lipinski definition) is 1. The van der Waals surface area contributed by atoms with Crippen molar-refractivity contribution >= 4 is 20.4 Å². The van der Waals surface area contributed by atoms with Crippen LogP contribution in [0.3, 0.4) is 0 Å². The van der Waals surface area contributed by atoms with Crippen molar-refractivity contribution in [2.45, 2.75) is 4.90 Å². The first-order valence-corrected chi connectivity index (χ1v) is 5.62. The molecule has 1 aromatic carbocycles. The van der Waals surface area contributed by atoms with E-state index in [4.69, 9.17) is 0 Å². The van der Waals surface area contributed by atoms with Gasteiger partial charge in [-0.1, -0.05) is 18.2 Å². The number of halogens is 6. The third kappa shape index (κ3) is 22.6. The minimum absolute atomic E-state index is 0. The van der Waals surface area contributed by atoms with Crippen molar-refractivity contribution in [3.8, 4) is 0 Å². The molecule has 0 radical (unpaired) electrons. The molecule has 0 unspecified atom stereocenters. The molecule has 0 fully saturated rings. The number of thiol groups is 1.